The summed E-state index contributed by atoms with van der Waals surface area (Å²) in [5.41, 5.74) is 1.58. The van der Waals surface area contributed by atoms with Crippen LogP contribution in [0.25, 0.3) is 0 Å². The lowest BCUT2D eigenvalue weighted by molar-refractivity contribution is -0.141. The average Bonchev–Trinajstić information content (AvgIpc) is 2.91. The van der Waals surface area contributed by atoms with Crippen LogP contribution in [0.1, 0.15) is 57.6 Å². The monoisotopic (exact) mass is 333 g/mol. The van der Waals surface area contributed by atoms with E-state index in [1.54, 1.807) is 20.8 Å². The number of benzene rings is 1. The first-order valence-electron chi connectivity index (χ1n) is 8.39. The van der Waals surface area contributed by atoms with Crippen molar-refractivity contribution >= 4 is 12.1 Å². The van der Waals surface area contributed by atoms with Gasteiger partial charge in [-0.3, -0.25) is 4.79 Å². The first-order valence-corrected chi connectivity index (χ1v) is 8.39. The summed E-state index contributed by atoms with van der Waals surface area (Å²) in [5.74, 6) is -1.27. The Hall–Kier alpha value is -2.04. The van der Waals surface area contributed by atoms with E-state index in [-0.39, 0.29) is 12.5 Å². The van der Waals surface area contributed by atoms with E-state index in [4.69, 9.17) is 4.74 Å². The predicted molar refractivity (Wildman–Crippen MR) is 92.2 cm³/mol. The Morgan fingerprint density at radius 1 is 1.17 bits per heavy atom. The van der Waals surface area contributed by atoms with Crippen molar-refractivity contribution in [3.05, 3.63) is 35.4 Å². The van der Waals surface area contributed by atoms with Crippen LogP contribution < -0.4 is 0 Å². The Bertz CT molecular complexity index is 601. The van der Waals surface area contributed by atoms with Crippen LogP contribution in [0, 0.1) is 5.92 Å². The molecule has 1 aliphatic rings. The number of amides is 1. The number of ether oxygens (including phenoxy) is 1. The second-order valence-electron chi connectivity index (χ2n) is 7.76. The Morgan fingerprint density at radius 2 is 1.75 bits per heavy atom. The minimum absolute atomic E-state index is 0.181. The minimum atomic E-state index is -0.876. The van der Waals surface area contributed by atoms with Gasteiger partial charge in [-0.05, 0) is 37.8 Å². The average molecular weight is 333 g/mol. The number of rotatable bonds is 3. The lowest BCUT2D eigenvalue weighted by Gasteiger charge is -2.24. The molecule has 0 bridgehead atoms. The topological polar surface area (TPSA) is 66.8 Å². The Balaban J connectivity index is 2.19. The maximum absolute atomic E-state index is 12.3. The van der Waals surface area contributed by atoms with Gasteiger partial charge in [0.05, 0.1) is 5.92 Å². The highest BCUT2D eigenvalue weighted by atomic mass is 16.6. The number of hydrogen-bond donors (Lipinski definition) is 1. The van der Waals surface area contributed by atoms with E-state index in [1.165, 1.54) is 10.5 Å². The standard InChI is InChI=1S/C19H27NO4/c1-12(2)13-6-8-14(9-7-13)15-10-20(11-16(15)17(21)22)18(23)24-19(3,4)5/h6-9,12,15-16H,10-11H2,1-5H3,(H,21,22)/t15-,16-/m0/s1. The van der Waals surface area contributed by atoms with Crippen LogP contribution in [0.5, 0.6) is 0 Å². The van der Waals surface area contributed by atoms with Crippen molar-refractivity contribution in [2.75, 3.05) is 13.1 Å². The normalized spacial score (nSPS) is 21.2. The van der Waals surface area contributed by atoms with Crippen molar-refractivity contribution in [1.29, 1.82) is 0 Å². The molecule has 0 aliphatic carbocycles. The third-order valence-electron chi connectivity index (χ3n) is 4.32. The maximum Gasteiger partial charge on any atom is 0.410 e. The molecule has 2 rings (SSSR count). The van der Waals surface area contributed by atoms with Gasteiger partial charge in [0.25, 0.3) is 0 Å². The third kappa shape index (κ3) is 4.28. The zero-order valence-electron chi connectivity index (χ0n) is 15.1. The largest absolute Gasteiger partial charge is 0.481 e. The fourth-order valence-electron chi connectivity index (χ4n) is 3.00. The van der Waals surface area contributed by atoms with Crippen molar-refractivity contribution in [3.8, 4) is 0 Å². The summed E-state index contributed by atoms with van der Waals surface area (Å²) in [6.07, 6.45) is -0.449. The number of nitrogens with zero attached hydrogens (tertiary/aromatic N) is 1. The van der Waals surface area contributed by atoms with Gasteiger partial charge in [0.15, 0.2) is 0 Å². The number of carbonyl (C=O) groups is 2. The molecular formula is C19H27NO4. The van der Waals surface area contributed by atoms with Crippen molar-refractivity contribution < 1.29 is 19.4 Å². The van der Waals surface area contributed by atoms with E-state index in [9.17, 15) is 14.7 Å². The molecular weight excluding hydrogens is 306 g/mol. The number of likely N-dealkylation sites (tertiary alicyclic amines) is 1. The smallest absolute Gasteiger partial charge is 0.410 e. The number of aliphatic carboxylic acids is 1. The molecule has 5 nitrogen and oxygen atoms in total. The van der Waals surface area contributed by atoms with Crippen LogP contribution in [0.3, 0.4) is 0 Å². The van der Waals surface area contributed by atoms with Crippen LogP contribution in [0.15, 0.2) is 24.3 Å². The first kappa shape index (κ1) is 18.3. The quantitative estimate of drug-likeness (QED) is 0.912. The van der Waals surface area contributed by atoms with Crippen LogP contribution in [0.4, 0.5) is 4.79 Å². The molecule has 2 atom stereocenters. The zero-order chi connectivity index (χ0) is 18.1. The van der Waals surface area contributed by atoms with Gasteiger partial charge in [-0.2, -0.15) is 0 Å². The number of hydrogen-bond acceptors (Lipinski definition) is 3. The third-order valence-corrected chi connectivity index (χ3v) is 4.32. The van der Waals surface area contributed by atoms with Gasteiger partial charge < -0.3 is 14.7 Å². The molecule has 0 saturated carbocycles. The van der Waals surface area contributed by atoms with E-state index >= 15 is 0 Å². The molecule has 0 radical (unpaired) electrons. The van der Waals surface area contributed by atoms with Crippen LogP contribution in [-0.2, 0) is 9.53 Å². The highest BCUT2D eigenvalue weighted by Crippen LogP contribution is 2.34. The molecule has 1 N–H and O–H groups in total. The fourth-order valence-corrected chi connectivity index (χ4v) is 3.00. The second-order valence-corrected chi connectivity index (χ2v) is 7.76. The molecule has 1 aromatic carbocycles. The van der Waals surface area contributed by atoms with Gasteiger partial charge in [-0.25, -0.2) is 4.79 Å². The first-order chi connectivity index (χ1) is 11.1. The van der Waals surface area contributed by atoms with Gasteiger partial charge in [-0.15, -0.1) is 0 Å². The summed E-state index contributed by atoms with van der Waals surface area (Å²) in [7, 11) is 0. The number of carboxylic acid groups (broad SMARTS) is 1. The maximum atomic E-state index is 12.3. The van der Waals surface area contributed by atoms with Crippen LogP contribution in [0.2, 0.25) is 0 Å². The van der Waals surface area contributed by atoms with E-state index in [0.29, 0.717) is 12.5 Å². The molecule has 0 unspecified atom stereocenters. The van der Waals surface area contributed by atoms with Crippen molar-refractivity contribution in [2.24, 2.45) is 5.92 Å². The zero-order valence-corrected chi connectivity index (χ0v) is 15.1. The van der Waals surface area contributed by atoms with E-state index < -0.39 is 23.6 Å². The van der Waals surface area contributed by atoms with Gasteiger partial charge in [-0.1, -0.05) is 38.1 Å². The van der Waals surface area contributed by atoms with Crippen molar-refractivity contribution in [3.63, 3.8) is 0 Å². The van der Waals surface area contributed by atoms with Crippen LogP contribution >= 0.6 is 0 Å². The molecule has 0 aromatic heterocycles. The minimum Gasteiger partial charge on any atom is -0.481 e. The molecule has 1 aliphatic heterocycles. The number of carboxylic acids is 1. The molecule has 1 saturated heterocycles. The Morgan fingerprint density at radius 3 is 2.21 bits per heavy atom. The summed E-state index contributed by atoms with van der Waals surface area (Å²) in [6, 6.07) is 8.03. The molecule has 1 fully saturated rings. The van der Waals surface area contributed by atoms with Crippen molar-refractivity contribution in [1.82, 2.24) is 4.90 Å². The van der Waals surface area contributed by atoms with Crippen molar-refractivity contribution in [2.45, 2.75) is 52.1 Å². The van der Waals surface area contributed by atoms with Gasteiger partial charge in [0, 0.05) is 19.0 Å². The summed E-state index contributed by atoms with van der Waals surface area (Å²) >= 11 is 0. The summed E-state index contributed by atoms with van der Waals surface area (Å²) < 4.78 is 5.38. The Labute approximate surface area is 143 Å². The fraction of sp³-hybridized carbons (Fsp3) is 0.579. The SMILES string of the molecule is CC(C)c1ccc([C@@H]2CN(C(=O)OC(C)(C)C)C[C@@H]2C(=O)O)cc1. The predicted octanol–water partition coefficient (Wildman–Crippen LogP) is 3.85. The molecule has 24 heavy (non-hydrogen) atoms. The highest BCUT2D eigenvalue weighted by Gasteiger charge is 2.41. The molecule has 1 heterocycles. The van der Waals surface area contributed by atoms with Gasteiger partial charge in [0.2, 0.25) is 0 Å². The molecule has 1 aromatic rings. The molecule has 5 heteroatoms. The van der Waals surface area contributed by atoms with E-state index in [1.807, 2.05) is 24.3 Å². The van der Waals surface area contributed by atoms with Crippen LogP contribution in [-0.4, -0.2) is 40.8 Å². The summed E-state index contributed by atoms with van der Waals surface area (Å²) in [5, 5.41) is 9.54. The highest BCUT2D eigenvalue weighted by molar-refractivity contribution is 5.76. The lowest BCUT2D eigenvalue weighted by Crippen LogP contribution is -2.35. The molecule has 0 spiro atoms. The number of carbonyl (C=O) groups excluding carboxylic acids is 1. The molecule has 132 valence electrons. The second kappa shape index (κ2) is 6.83. The van der Waals surface area contributed by atoms with Gasteiger partial charge in [0.1, 0.15) is 5.60 Å². The summed E-state index contributed by atoms with van der Waals surface area (Å²) in [6.45, 7) is 10.2. The van der Waals surface area contributed by atoms with E-state index in [2.05, 4.69) is 13.8 Å². The molecule has 1 amide bonds. The lowest BCUT2D eigenvalue weighted by atomic mass is 9.88. The van der Waals surface area contributed by atoms with E-state index in [0.717, 1.165) is 5.56 Å². The summed E-state index contributed by atoms with van der Waals surface area (Å²) in [4.78, 5) is 25.4. The van der Waals surface area contributed by atoms with Gasteiger partial charge >= 0.3 is 12.1 Å². The Kier molecular flexibility index (Phi) is 5.21.